The molecule has 0 fully saturated rings. The molecule has 2 aliphatic heterocycles. The first-order chi connectivity index (χ1) is 16.4. The lowest BCUT2D eigenvalue weighted by atomic mass is 10.2. The highest BCUT2D eigenvalue weighted by molar-refractivity contribution is 7.92. The van der Waals surface area contributed by atoms with Gasteiger partial charge < -0.3 is 9.47 Å². The summed E-state index contributed by atoms with van der Waals surface area (Å²) in [7, 11) is -3.86. The van der Waals surface area contributed by atoms with E-state index in [1.54, 1.807) is 36.4 Å². The zero-order valence-corrected chi connectivity index (χ0v) is 18.7. The molecule has 0 unspecified atom stereocenters. The Morgan fingerprint density at radius 2 is 1.68 bits per heavy atom. The molecule has 2 amide bonds. The second kappa shape index (κ2) is 8.71. The van der Waals surface area contributed by atoms with E-state index in [0.29, 0.717) is 30.2 Å². The summed E-state index contributed by atoms with van der Waals surface area (Å²) in [5.41, 5.74) is 6.29. The molecule has 34 heavy (non-hydrogen) atoms. The number of hydrogen-bond acceptors (Lipinski definition) is 6. The van der Waals surface area contributed by atoms with Gasteiger partial charge >= 0.3 is 0 Å². The second-order valence-corrected chi connectivity index (χ2v) is 9.65. The Morgan fingerprint density at radius 1 is 0.912 bits per heavy atom. The van der Waals surface area contributed by atoms with E-state index in [4.69, 9.17) is 9.47 Å². The first kappa shape index (κ1) is 21.8. The van der Waals surface area contributed by atoms with Gasteiger partial charge in [0.2, 0.25) is 6.10 Å². The van der Waals surface area contributed by atoms with E-state index in [1.165, 1.54) is 28.6 Å². The monoisotopic (exact) mass is 479 g/mol. The van der Waals surface area contributed by atoms with Gasteiger partial charge in [0.1, 0.15) is 6.61 Å². The molecule has 0 radical (unpaired) electrons. The fourth-order valence-electron chi connectivity index (χ4n) is 3.90. The number of ether oxygens (including phenoxy) is 2. The van der Waals surface area contributed by atoms with Crippen LogP contribution in [0.4, 0.5) is 5.69 Å². The van der Waals surface area contributed by atoms with E-state index < -0.39 is 27.9 Å². The fourth-order valence-corrected chi connectivity index (χ4v) is 5.45. The lowest BCUT2D eigenvalue weighted by Crippen LogP contribution is -2.50. The molecular formula is C24H21N3O6S. The van der Waals surface area contributed by atoms with E-state index in [9.17, 15) is 18.0 Å². The van der Waals surface area contributed by atoms with Gasteiger partial charge in [-0.2, -0.15) is 0 Å². The van der Waals surface area contributed by atoms with Gasteiger partial charge in [0.15, 0.2) is 11.5 Å². The SMILES string of the molecule is O=C(NNC(=O)[C@@H]1COc2ccccc2O1)c1cccc(S(=O)(=O)N2CCc3ccccc32)c1. The highest BCUT2D eigenvalue weighted by Crippen LogP contribution is 2.33. The summed E-state index contributed by atoms with van der Waals surface area (Å²) in [6, 6.07) is 20.0. The maximum Gasteiger partial charge on any atom is 0.283 e. The van der Waals surface area contributed by atoms with Crippen LogP contribution in [0.3, 0.4) is 0 Å². The number of benzene rings is 3. The van der Waals surface area contributed by atoms with Crippen LogP contribution < -0.4 is 24.6 Å². The van der Waals surface area contributed by atoms with E-state index in [-0.39, 0.29) is 17.1 Å². The Kier molecular flexibility index (Phi) is 5.58. The number of hydrazine groups is 1. The Labute approximate surface area is 196 Å². The highest BCUT2D eigenvalue weighted by atomic mass is 32.2. The third-order valence-corrected chi connectivity index (χ3v) is 7.44. The lowest BCUT2D eigenvalue weighted by molar-refractivity contribution is -0.131. The predicted molar refractivity (Wildman–Crippen MR) is 123 cm³/mol. The third-order valence-electron chi connectivity index (χ3n) is 5.63. The van der Waals surface area contributed by atoms with Gasteiger partial charge in [-0.3, -0.25) is 24.7 Å². The van der Waals surface area contributed by atoms with Crippen molar-refractivity contribution in [1.29, 1.82) is 0 Å². The molecule has 174 valence electrons. The molecule has 2 aliphatic rings. The number of nitrogens with one attached hydrogen (secondary N) is 2. The molecule has 0 aromatic heterocycles. The number of carbonyl (C=O) groups excluding carboxylic acids is 2. The van der Waals surface area contributed by atoms with Crippen LogP contribution in [0.15, 0.2) is 77.7 Å². The van der Waals surface area contributed by atoms with Crippen molar-refractivity contribution in [3.05, 3.63) is 83.9 Å². The molecule has 2 N–H and O–H groups in total. The van der Waals surface area contributed by atoms with Crippen LogP contribution in [0, 0.1) is 0 Å². The number of para-hydroxylation sites is 3. The van der Waals surface area contributed by atoms with Crippen LogP contribution in [0.25, 0.3) is 0 Å². The van der Waals surface area contributed by atoms with Gasteiger partial charge in [0.25, 0.3) is 21.8 Å². The third kappa shape index (κ3) is 4.03. The number of amides is 2. The Morgan fingerprint density at radius 3 is 2.53 bits per heavy atom. The fraction of sp³-hybridized carbons (Fsp3) is 0.167. The lowest BCUT2D eigenvalue weighted by Gasteiger charge is -2.25. The summed E-state index contributed by atoms with van der Waals surface area (Å²) in [5, 5.41) is 0. The van der Waals surface area contributed by atoms with E-state index in [2.05, 4.69) is 10.9 Å². The Balaban J connectivity index is 1.26. The van der Waals surface area contributed by atoms with Crippen LogP contribution in [0.1, 0.15) is 15.9 Å². The van der Waals surface area contributed by atoms with Gasteiger partial charge in [-0.25, -0.2) is 8.42 Å². The molecule has 3 aromatic carbocycles. The van der Waals surface area contributed by atoms with Crippen LogP contribution in [0.5, 0.6) is 11.5 Å². The second-order valence-electron chi connectivity index (χ2n) is 7.79. The van der Waals surface area contributed by atoms with Crippen molar-refractivity contribution in [2.45, 2.75) is 17.4 Å². The molecule has 5 rings (SSSR count). The van der Waals surface area contributed by atoms with Gasteiger partial charge in [0.05, 0.1) is 10.6 Å². The highest BCUT2D eigenvalue weighted by Gasteiger charge is 2.31. The number of sulfonamides is 1. The topological polar surface area (TPSA) is 114 Å². The molecule has 0 aliphatic carbocycles. The van der Waals surface area contributed by atoms with Crippen LogP contribution in [-0.4, -0.2) is 39.5 Å². The number of carbonyl (C=O) groups is 2. The minimum Gasteiger partial charge on any atom is -0.485 e. The summed E-state index contributed by atoms with van der Waals surface area (Å²) in [4.78, 5) is 25.0. The van der Waals surface area contributed by atoms with Gasteiger partial charge in [-0.1, -0.05) is 36.4 Å². The smallest absolute Gasteiger partial charge is 0.283 e. The quantitative estimate of drug-likeness (QED) is 0.554. The first-order valence-corrected chi connectivity index (χ1v) is 12.1. The molecular weight excluding hydrogens is 458 g/mol. The first-order valence-electron chi connectivity index (χ1n) is 10.6. The van der Waals surface area contributed by atoms with E-state index in [1.807, 2.05) is 12.1 Å². The summed E-state index contributed by atoms with van der Waals surface area (Å²) in [5.74, 6) is -0.291. The van der Waals surface area contributed by atoms with Crippen molar-refractivity contribution in [2.75, 3.05) is 17.5 Å². The van der Waals surface area contributed by atoms with E-state index >= 15 is 0 Å². The average molecular weight is 480 g/mol. The molecule has 10 heteroatoms. The molecule has 0 saturated heterocycles. The van der Waals surface area contributed by atoms with Crippen molar-refractivity contribution < 1.29 is 27.5 Å². The van der Waals surface area contributed by atoms with Crippen molar-refractivity contribution >= 4 is 27.5 Å². The normalized spacial score (nSPS) is 16.5. The summed E-state index contributed by atoms with van der Waals surface area (Å²) >= 11 is 0. The number of fused-ring (bicyclic) bond motifs is 2. The largest absolute Gasteiger partial charge is 0.485 e. The maximum absolute atomic E-state index is 13.2. The van der Waals surface area contributed by atoms with E-state index in [0.717, 1.165) is 5.56 Å². The Hall–Kier alpha value is -4.05. The minimum atomic E-state index is -3.86. The van der Waals surface area contributed by atoms with Crippen LogP contribution >= 0.6 is 0 Å². The number of hydrogen-bond donors (Lipinski definition) is 2. The van der Waals surface area contributed by atoms with Crippen molar-refractivity contribution in [2.24, 2.45) is 0 Å². The zero-order valence-electron chi connectivity index (χ0n) is 17.9. The molecule has 9 nitrogen and oxygen atoms in total. The minimum absolute atomic E-state index is 0.0102. The van der Waals surface area contributed by atoms with Gasteiger partial charge in [0, 0.05) is 12.1 Å². The average Bonchev–Trinajstić information content (AvgIpc) is 3.32. The maximum atomic E-state index is 13.2. The van der Waals surface area contributed by atoms with Crippen LogP contribution in [-0.2, 0) is 21.2 Å². The molecule has 0 spiro atoms. The number of rotatable bonds is 4. The standard InChI is InChI=1S/C24H21N3O6S/c28-23(25-26-24(29)22-15-32-20-10-3-4-11-21(20)33-22)17-7-5-8-18(14-17)34(30,31)27-13-12-16-6-1-2-9-19(16)27/h1-11,14,22H,12-13,15H2,(H,25,28)(H,26,29)/t22-/m0/s1. The van der Waals surface area contributed by atoms with Gasteiger partial charge in [-0.15, -0.1) is 0 Å². The summed E-state index contributed by atoms with van der Waals surface area (Å²) in [6.45, 7) is 0.324. The number of anilines is 1. The Bertz CT molecular complexity index is 1370. The molecule has 1 atom stereocenters. The van der Waals surface area contributed by atoms with Crippen molar-refractivity contribution in [3.8, 4) is 11.5 Å². The number of nitrogens with zero attached hydrogens (tertiary/aromatic N) is 1. The molecule has 0 bridgehead atoms. The molecule has 0 saturated carbocycles. The van der Waals surface area contributed by atoms with Crippen molar-refractivity contribution in [3.63, 3.8) is 0 Å². The van der Waals surface area contributed by atoms with Crippen molar-refractivity contribution in [1.82, 2.24) is 10.9 Å². The summed E-state index contributed by atoms with van der Waals surface area (Å²) < 4.78 is 38.9. The zero-order chi connectivity index (χ0) is 23.7. The predicted octanol–water partition coefficient (Wildman–Crippen LogP) is 2.04. The molecule has 2 heterocycles. The summed E-state index contributed by atoms with van der Waals surface area (Å²) in [6.07, 6.45) is -0.323. The van der Waals surface area contributed by atoms with Gasteiger partial charge in [-0.05, 0) is 48.4 Å². The molecule has 3 aromatic rings. The van der Waals surface area contributed by atoms with Crippen LogP contribution in [0.2, 0.25) is 0 Å².